The average molecular weight is 326 g/mol. The van der Waals surface area contributed by atoms with Crippen molar-refractivity contribution in [3.8, 4) is 0 Å². The van der Waals surface area contributed by atoms with Gasteiger partial charge in [0, 0.05) is 23.2 Å². The molecule has 0 saturated heterocycles. The van der Waals surface area contributed by atoms with Crippen LogP contribution in [-0.2, 0) is 17.9 Å². The zero-order chi connectivity index (χ0) is 16.5. The first kappa shape index (κ1) is 14.9. The maximum atomic E-state index is 12.3. The molecule has 0 radical (unpaired) electrons. The van der Waals surface area contributed by atoms with Crippen molar-refractivity contribution in [3.63, 3.8) is 0 Å². The molecule has 124 valence electrons. The number of carbonyl (C=O) groups is 2. The summed E-state index contributed by atoms with van der Waals surface area (Å²) in [6.45, 7) is 1.83. The van der Waals surface area contributed by atoms with Crippen LogP contribution in [0.15, 0.2) is 30.3 Å². The second-order valence-electron chi connectivity index (χ2n) is 6.08. The minimum Gasteiger partial charge on any atom is -0.373 e. The van der Waals surface area contributed by atoms with Crippen molar-refractivity contribution in [1.82, 2.24) is 15.1 Å². The molecule has 1 saturated carbocycles. The number of aromatic nitrogens is 2. The van der Waals surface area contributed by atoms with E-state index in [-0.39, 0.29) is 11.8 Å². The highest BCUT2D eigenvalue weighted by atomic mass is 16.5. The second kappa shape index (κ2) is 6.09. The van der Waals surface area contributed by atoms with E-state index in [2.05, 4.69) is 15.7 Å². The molecular formula is C17H18N4O3. The molecule has 4 rings (SSSR count). The van der Waals surface area contributed by atoms with Crippen molar-refractivity contribution in [2.75, 3.05) is 11.9 Å². The van der Waals surface area contributed by atoms with Crippen LogP contribution >= 0.6 is 0 Å². The van der Waals surface area contributed by atoms with Crippen LogP contribution in [0.1, 0.15) is 39.3 Å². The molecule has 1 aliphatic heterocycles. The van der Waals surface area contributed by atoms with Gasteiger partial charge in [-0.15, -0.1) is 0 Å². The monoisotopic (exact) mass is 326 g/mol. The van der Waals surface area contributed by atoms with Crippen LogP contribution < -0.4 is 10.6 Å². The highest BCUT2D eigenvalue weighted by Crippen LogP contribution is 2.19. The standard InChI is InChI=1S/C17H18N4O3/c22-16(18-13-5-6-13)11-1-3-12(4-2-11)17(23)19-15-9-14-10-24-8-7-21(14)20-15/h1-4,9,13H,5-8,10H2,(H,18,22)(H,19,20,23). The van der Waals surface area contributed by atoms with Crippen LogP contribution in [0.2, 0.25) is 0 Å². The van der Waals surface area contributed by atoms with Gasteiger partial charge in [0.15, 0.2) is 5.82 Å². The molecule has 2 N–H and O–H groups in total. The third-order valence-corrected chi connectivity index (χ3v) is 4.12. The zero-order valence-electron chi connectivity index (χ0n) is 13.1. The topological polar surface area (TPSA) is 85.2 Å². The number of fused-ring (bicyclic) bond motifs is 1. The van der Waals surface area contributed by atoms with E-state index < -0.39 is 0 Å². The molecule has 1 aliphatic carbocycles. The molecule has 0 unspecified atom stereocenters. The van der Waals surface area contributed by atoms with Gasteiger partial charge in [0.1, 0.15) is 0 Å². The zero-order valence-corrected chi connectivity index (χ0v) is 13.1. The Hall–Kier alpha value is -2.67. The van der Waals surface area contributed by atoms with Gasteiger partial charge in [0.05, 0.1) is 25.5 Å². The van der Waals surface area contributed by atoms with Crippen LogP contribution in [0, 0.1) is 0 Å². The molecule has 2 heterocycles. The predicted molar refractivity (Wildman–Crippen MR) is 86.8 cm³/mol. The number of amides is 2. The molecule has 7 nitrogen and oxygen atoms in total. The number of nitrogens with zero attached hydrogens (tertiary/aromatic N) is 2. The molecule has 1 aromatic carbocycles. The fraction of sp³-hybridized carbons (Fsp3) is 0.353. The van der Waals surface area contributed by atoms with Gasteiger partial charge in [0.25, 0.3) is 11.8 Å². The second-order valence-corrected chi connectivity index (χ2v) is 6.08. The van der Waals surface area contributed by atoms with Crippen LogP contribution in [-0.4, -0.2) is 34.2 Å². The Morgan fingerprint density at radius 1 is 1.12 bits per heavy atom. The van der Waals surface area contributed by atoms with E-state index in [1.165, 1.54) is 0 Å². The lowest BCUT2D eigenvalue weighted by Crippen LogP contribution is -2.25. The van der Waals surface area contributed by atoms with Crippen molar-refractivity contribution >= 4 is 17.6 Å². The van der Waals surface area contributed by atoms with Crippen LogP contribution in [0.5, 0.6) is 0 Å². The average Bonchev–Trinajstić information content (AvgIpc) is 3.31. The normalized spacial score (nSPS) is 16.3. The molecule has 1 fully saturated rings. The van der Waals surface area contributed by atoms with Gasteiger partial charge in [-0.3, -0.25) is 14.3 Å². The number of carbonyl (C=O) groups excluding carboxylic acids is 2. The number of hydrogen-bond acceptors (Lipinski definition) is 4. The SMILES string of the molecule is O=C(Nc1cc2n(n1)CCOC2)c1ccc(C(=O)NC2CC2)cc1. The van der Waals surface area contributed by atoms with Crippen molar-refractivity contribution in [2.45, 2.75) is 32.0 Å². The van der Waals surface area contributed by atoms with E-state index in [4.69, 9.17) is 4.74 Å². The number of rotatable bonds is 4. The van der Waals surface area contributed by atoms with E-state index in [0.29, 0.717) is 42.7 Å². The number of anilines is 1. The summed E-state index contributed by atoms with van der Waals surface area (Å²) in [4.78, 5) is 24.2. The summed E-state index contributed by atoms with van der Waals surface area (Å²) >= 11 is 0. The highest BCUT2D eigenvalue weighted by Gasteiger charge is 2.23. The molecule has 7 heteroatoms. The maximum absolute atomic E-state index is 12.3. The lowest BCUT2D eigenvalue weighted by molar-refractivity contribution is 0.0801. The number of ether oxygens (including phenoxy) is 1. The first-order valence-electron chi connectivity index (χ1n) is 8.06. The van der Waals surface area contributed by atoms with E-state index >= 15 is 0 Å². The molecule has 2 amide bonds. The van der Waals surface area contributed by atoms with Crippen LogP contribution in [0.25, 0.3) is 0 Å². The molecule has 0 atom stereocenters. The quantitative estimate of drug-likeness (QED) is 0.893. The largest absolute Gasteiger partial charge is 0.373 e. The number of benzene rings is 1. The van der Waals surface area contributed by atoms with Gasteiger partial charge < -0.3 is 15.4 Å². The van der Waals surface area contributed by atoms with Gasteiger partial charge in [0.2, 0.25) is 0 Å². The minimum absolute atomic E-state index is 0.0914. The number of nitrogens with one attached hydrogen (secondary N) is 2. The summed E-state index contributed by atoms with van der Waals surface area (Å²) in [6, 6.07) is 8.76. The molecule has 2 aliphatic rings. The summed E-state index contributed by atoms with van der Waals surface area (Å²) in [5.74, 6) is 0.169. The summed E-state index contributed by atoms with van der Waals surface area (Å²) < 4.78 is 7.19. The lowest BCUT2D eigenvalue weighted by atomic mass is 10.1. The Kier molecular flexibility index (Phi) is 3.78. The molecular weight excluding hydrogens is 308 g/mol. The molecule has 0 spiro atoms. The molecule has 2 aromatic rings. The molecule has 24 heavy (non-hydrogen) atoms. The third-order valence-electron chi connectivity index (χ3n) is 4.12. The first-order valence-corrected chi connectivity index (χ1v) is 8.06. The summed E-state index contributed by atoms with van der Waals surface area (Å²) in [5.41, 5.74) is 2.00. The molecule has 1 aromatic heterocycles. The Balaban J connectivity index is 1.42. The van der Waals surface area contributed by atoms with Gasteiger partial charge in [-0.1, -0.05) is 0 Å². The lowest BCUT2D eigenvalue weighted by Gasteiger charge is -2.12. The van der Waals surface area contributed by atoms with E-state index in [1.54, 1.807) is 24.3 Å². The fourth-order valence-corrected chi connectivity index (χ4v) is 2.61. The maximum Gasteiger partial charge on any atom is 0.256 e. The summed E-state index contributed by atoms with van der Waals surface area (Å²) in [6.07, 6.45) is 2.10. The highest BCUT2D eigenvalue weighted by molar-refractivity contribution is 6.04. The Morgan fingerprint density at radius 2 is 1.83 bits per heavy atom. The van der Waals surface area contributed by atoms with Crippen molar-refractivity contribution in [2.24, 2.45) is 0 Å². The fourth-order valence-electron chi connectivity index (χ4n) is 2.61. The summed E-state index contributed by atoms with van der Waals surface area (Å²) in [5, 5.41) is 10.0. The predicted octanol–water partition coefficient (Wildman–Crippen LogP) is 1.56. The van der Waals surface area contributed by atoms with Crippen molar-refractivity contribution in [3.05, 3.63) is 47.2 Å². The third kappa shape index (κ3) is 3.16. The van der Waals surface area contributed by atoms with Gasteiger partial charge >= 0.3 is 0 Å². The molecule has 0 bridgehead atoms. The summed E-state index contributed by atoms with van der Waals surface area (Å²) in [7, 11) is 0. The van der Waals surface area contributed by atoms with Crippen molar-refractivity contribution in [1.29, 1.82) is 0 Å². The van der Waals surface area contributed by atoms with Gasteiger partial charge in [-0.05, 0) is 37.1 Å². The smallest absolute Gasteiger partial charge is 0.256 e. The van der Waals surface area contributed by atoms with E-state index in [1.807, 2.05) is 10.7 Å². The van der Waals surface area contributed by atoms with Gasteiger partial charge in [-0.2, -0.15) is 5.10 Å². The van der Waals surface area contributed by atoms with Crippen LogP contribution in [0.4, 0.5) is 5.82 Å². The van der Waals surface area contributed by atoms with Crippen LogP contribution in [0.3, 0.4) is 0 Å². The number of hydrogen-bond donors (Lipinski definition) is 2. The Morgan fingerprint density at radius 3 is 2.50 bits per heavy atom. The Labute approximate surface area is 139 Å². The van der Waals surface area contributed by atoms with Crippen molar-refractivity contribution < 1.29 is 14.3 Å². The minimum atomic E-state index is -0.250. The van der Waals surface area contributed by atoms with E-state index in [0.717, 1.165) is 18.5 Å². The van der Waals surface area contributed by atoms with E-state index in [9.17, 15) is 9.59 Å². The van der Waals surface area contributed by atoms with Gasteiger partial charge in [-0.25, -0.2) is 0 Å². The first-order chi connectivity index (χ1) is 11.7. The Bertz CT molecular complexity index is 754.